The van der Waals surface area contributed by atoms with Gasteiger partial charge in [0.2, 0.25) is 0 Å². The van der Waals surface area contributed by atoms with Crippen LogP contribution < -0.4 is 5.32 Å². The molecule has 1 aromatic heterocycles. The molecule has 2 aromatic rings. The fourth-order valence-electron chi connectivity index (χ4n) is 1.53. The van der Waals surface area contributed by atoms with Gasteiger partial charge in [-0.25, -0.2) is 13.6 Å². The number of esters is 1. The molecule has 0 saturated carbocycles. The molecule has 0 saturated heterocycles. The molecule has 1 N–H and O–H groups in total. The van der Waals surface area contributed by atoms with Crippen LogP contribution >= 0.6 is 15.9 Å². The summed E-state index contributed by atoms with van der Waals surface area (Å²) in [5.74, 6) is -2.79. The summed E-state index contributed by atoms with van der Waals surface area (Å²) in [6.45, 7) is -0.609. The number of ether oxygens (including phenoxy) is 1. The van der Waals surface area contributed by atoms with E-state index in [9.17, 15) is 18.4 Å². The van der Waals surface area contributed by atoms with Gasteiger partial charge in [-0.2, -0.15) is 0 Å². The maximum absolute atomic E-state index is 13.3. The minimum absolute atomic E-state index is 0.205. The van der Waals surface area contributed by atoms with E-state index < -0.39 is 30.1 Å². The Balaban J connectivity index is 1.81. The van der Waals surface area contributed by atoms with E-state index in [4.69, 9.17) is 4.42 Å². The summed E-state index contributed by atoms with van der Waals surface area (Å²) < 4.78 is 36.4. The number of hydrogen-bond acceptors (Lipinski definition) is 4. The van der Waals surface area contributed by atoms with Gasteiger partial charge < -0.3 is 14.5 Å². The number of benzene rings is 1. The lowest BCUT2D eigenvalue weighted by Crippen LogP contribution is -2.20. The highest BCUT2D eigenvalue weighted by atomic mass is 79.9. The van der Waals surface area contributed by atoms with E-state index in [0.29, 0.717) is 16.5 Å². The van der Waals surface area contributed by atoms with Gasteiger partial charge >= 0.3 is 5.97 Å². The van der Waals surface area contributed by atoms with Crippen LogP contribution in [0.5, 0.6) is 0 Å². The third kappa shape index (κ3) is 5.33. The Labute approximate surface area is 138 Å². The molecule has 23 heavy (non-hydrogen) atoms. The molecule has 1 aromatic carbocycles. The fraction of sp³-hybridized carbons (Fsp3) is 0.0667. The Hall–Kier alpha value is -2.48. The number of amides is 1. The topological polar surface area (TPSA) is 68.5 Å². The lowest BCUT2D eigenvalue weighted by Gasteiger charge is -2.06. The predicted molar refractivity (Wildman–Crippen MR) is 81.4 cm³/mol. The third-order valence-electron chi connectivity index (χ3n) is 2.53. The summed E-state index contributed by atoms with van der Waals surface area (Å²) >= 11 is 3.11. The quantitative estimate of drug-likeness (QED) is 0.631. The van der Waals surface area contributed by atoms with Crippen molar-refractivity contribution in [1.29, 1.82) is 0 Å². The average Bonchev–Trinajstić information content (AvgIpc) is 2.91. The zero-order valence-corrected chi connectivity index (χ0v) is 13.1. The SMILES string of the molecule is O=C(COC(=O)/C=C/c1ccc(Br)o1)Nc1ccc(F)cc1F. The average molecular weight is 386 g/mol. The van der Waals surface area contributed by atoms with E-state index in [1.165, 1.54) is 6.08 Å². The molecular formula is C15H10BrF2NO4. The smallest absolute Gasteiger partial charge is 0.331 e. The number of carbonyl (C=O) groups excluding carboxylic acids is 2. The van der Waals surface area contributed by atoms with E-state index in [-0.39, 0.29) is 5.69 Å². The molecule has 5 nitrogen and oxygen atoms in total. The van der Waals surface area contributed by atoms with E-state index in [1.54, 1.807) is 12.1 Å². The van der Waals surface area contributed by atoms with Gasteiger partial charge in [0.05, 0.1) is 5.69 Å². The first-order valence-electron chi connectivity index (χ1n) is 6.29. The van der Waals surface area contributed by atoms with Gasteiger partial charge in [-0.3, -0.25) is 4.79 Å². The Bertz CT molecular complexity index is 758. The number of nitrogens with one attached hydrogen (secondary N) is 1. The number of anilines is 1. The lowest BCUT2D eigenvalue weighted by molar-refractivity contribution is -0.142. The molecule has 2 rings (SSSR count). The van der Waals surface area contributed by atoms with Crippen LogP contribution in [0.4, 0.5) is 14.5 Å². The van der Waals surface area contributed by atoms with Gasteiger partial charge in [0, 0.05) is 12.1 Å². The van der Waals surface area contributed by atoms with Crippen LogP contribution in [0.2, 0.25) is 0 Å². The molecule has 0 fully saturated rings. The van der Waals surface area contributed by atoms with Crippen molar-refractivity contribution in [3.63, 3.8) is 0 Å². The molecule has 1 amide bonds. The lowest BCUT2D eigenvalue weighted by atomic mass is 10.3. The van der Waals surface area contributed by atoms with Crippen molar-refractivity contribution in [1.82, 2.24) is 0 Å². The number of rotatable bonds is 5. The maximum Gasteiger partial charge on any atom is 0.331 e. The summed E-state index contributed by atoms with van der Waals surface area (Å²) in [5.41, 5.74) is -0.205. The summed E-state index contributed by atoms with van der Waals surface area (Å²) in [5, 5.41) is 2.16. The number of furan rings is 1. The second kappa shape index (κ2) is 7.68. The van der Waals surface area contributed by atoms with Gasteiger partial charge in [0.1, 0.15) is 17.4 Å². The first-order chi connectivity index (χ1) is 10.9. The van der Waals surface area contributed by atoms with Crippen LogP contribution in [0.1, 0.15) is 5.76 Å². The molecule has 0 spiro atoms. The molecule has 1 heterocycles. The van der Waals surface area contributed by atoms with Crippen molar-refractivity contribution in [2.24, 2.45) is 0 Å². The Kier molecular flexibility index (Phi) is 5.64. The Morgan fingerprint density at radius 1 is 1.26 bits per heavy atom. The van der Waals surface area contributed by atoms with Crippen molar-refractivity contribution in [3.8, 4) is 0 Å². The van der Waals surface area contributed by atoms with E-state index in [2.05, 4.69) is 26.0 Å². The number of halogens is 3. The molecular weight excluding hydrogens is 376 g/mol. The molecule has 8 heteroatoms. The monoisotopic (exact) mass is 385 g/mol. The van der Waals surface area contributed by atoms with Crippen molar-refractivity contribution >= 4 is 39.6 Å². The van der Waals surface area contributed by atoms with Crippen LogP contribution in [0.3, 0.4) is 0 Å². The standard InChI is InChI=1S/C15H10BrF2NO4/c16-13-5-2-10(23-13)3-6-15(21)22-8-14(20)19-12-4-1-9(17)7-11(12)18/h1-7H,8H2,(H,19,20)/b6-3+. The van der Waals surface area contributed by atoms with Crippen LogP contribution in [0.25, 0.3) is 6.08 Å². The molecule has 0 aliphatic rings. The first kappa shape index (κ1) is 16.9. The summed E-state index contributed by atoms with van der Waals surface area (Å²) in [6, 6.07) is 5.97. The third-order valence-corrected chi connectivity index (χ3v) is 2.95. The van der Waals surface area contributed by atoms with Gasteiger partial charge in [-0.1, -0.05) is 0 Å². The second-order valence-electron chi connectivity index (χ2n) is 4.26. The highest BCUT2D eigenvalue weighted by Gasteiger charge is 2.09. The zero-order chi connectivity index (χ0) is 16.8. The second-order valence-corrected chi connectivity index (χ2v) is 5.04. The summed E-state index contributed by atoms with van der Waals surface area (Å²) in [7, 11) is 0. The van der Waals surface area contributed by atoms with E-state index >= 15 is 0 Å². The summed E-state index contributed by atoms with van der Waals surface area (Å²) in [6.07, 6.45) is 2.45. The van der Waals surface area contributed by atoms with Gasteiger partial charge in [-0.05, 0) is 46.3 Å². The molecule has 0 bridgehead atoms. The Morgan fingerprint density at radius 2 is 2.04 bits per heavy atom. The van der Waals surface area contributed by atoms with E-state index in [0.717, 1.165) is 18.2 Å². The molecule has 0 aliphatic carbocycles. The minimum atomic E-state index is -0.923. The van der Waals surface area contributed by atoms with Gasteiger partial charge in [-0.15, -0.1) is 0 Å². The van der Waals surface area contributed by atoms with E-state index in [1.807, 2.05) is 0 Å². The van der Waals surface area contributed by atoms with Gasteiger partial charge in [0.15, 0.2) is 11.3 Å². The highest BCUT2D eigenvalue weighted by Crippen LogP contribution is 2.15. The normalized spacial score (nSPS) is 10.7. The van der Waals surface area contributed by atoms with Crippen molar-refractivity contribution in [3.05, 3.63) is 58.5 Å². The van der Waals surface area contributed by atoms with Gasteiger partial charge in [0.25, 0.3) is 5.91 Å². The highest BCUT2D eigenvalue weighted by molar-refractivity contribution is 9.10. The first-order valence-corrected chi connectivity index (χ1v) is 7.08. The predicted octanol–water partition coefficient (Wildman–Crippen LogP) is 3.52. The minimum Gasteiger partial charge on any atom is -0.452 e. The largest absolute Gasteiger partial charge is 0.452 e. The molecule has 0 aliphatic heterocycles. The van der Waals surface area contributed by atoms with Crippen molar-refractivity contribution in [2.75, 3.05) is 11.9 Å². The van der Waals surface area contributed by atoms with Crippen LogP contribution in [-0.2, 0) is 14.3 Å². The Morgan fingerprint density at radius 3 is 2.70 bits per heavy atom. The number of hydrogen-bond donors (Lipinski definition) is 1. The molecule has 0 unspecified atom stereocenters. The molecule has 120 valence electrons. The maximum atomic E-state index is 13.3. The van der Waals surface area contributed by atoms with Crippen LogP contribution in [0, 0.1) is 11.6 Å². The zero-order valence-electron chi connectivity index (χ0n) is 11.5. The van der Waals surface area contributed by atoms with Crippen molar-refractivity contribution < 1.29 is 27.5 Å². The van der Waals surface area contributed by atoms with Crippen LogP contribution in [0.15, 0.2) is 45.5 Å². The van der Waals surface area contributed by atoms with Crippen molar-refractivity contribution in [2.45, 2.75) is 0 Å². The number of carbonyl (C=O) groups is 2. The molecule has 0 radical (unpaired) electrons. The fourth-order valence-corrected chi connectivity index (χ4v) is 1.85. The molecule has 0 atom stereocenters. The van der Waals surface area contributed by atoms with Crippen LogP contribution in [-0.4, -0.2) is 18.5 Å². The summed E-state index contributed by atoms with van der Waals surface area (Å²) in [4.78, 5) is 23.0.